The highest BCUT2D eigenvalue weighted by Gasteiger charge is 2.26. The molecule has 10 heteroatoms. The molecule has 0 aromatic rings. The molecule has 0 radical (unpaired) electrons. The summed E-state index contributed by atoms with van der Waals surface area (Å²) >= 11 is 0. The molecule has 0 aromatic heterocycles. The van der Waals surface area contributed by atoms with Crippen molar-refractivity contribution in [2.45, 2.75) is 232 Å². The fourth-order valence-corrected chi connectivity index (χ4v) is 7.70. The summed E-state index contributed by atoms with van der Waals surface area (Å²) in [6.45, 7) is 3.32. The monoisotopic (exact) mass is 895 g/mol. The van der Waals surface area contributed by atoms with Crippen LogP contribution >= 0.6 is 7.82 Å². The van der Waals surface area contributed by atoms with Gasteiger partial charge in [0.25, 0.3) is 0 Å². The van der Waals surface area contributed by atoms with E-state index in [1.807, 2.05) is 0 Å². The Morgan fingerprint density at radius 1 is 0.516 bits per heavy atom. The number of unbranched alkanes of at least 4 members (excludes halogenated alkanes) is 24. The number of allylic oxidation sites excluding steroid dienone is 10. The maximum absolute atomic E-state index is 12.7. The van der Waals surface area contributed by atoms with Gasteiger partial charge in [-0.15, -0.1) is 0 Å². The molecule has 362 valence electrons. The lowest BCUT2D eigenvalue weighted by atomic mass is 10.0. The minimum atomic E-state index is -4.54. The summed E-state index contributed by atoms with van der Waals surface area (Å²) in [6, 6.07) is 0. The van der Waals surface area contributed by atoms with Gasteiger partial charge in [0.15, 0.2) is 0 Å². The summed E-state index contributed by atoms with van der Waals surface area (Å²) in [5.74, 6) is -0.395. The van der Waals surface area contributed by atoms with E-state index in [2.05, 4.69) is 74.6 Å². The lowest BCUT2D eigenvalue weighted by molar-refractivity contribution is -0.154. The first-order valence-electron chi connectivity index (χ1n) is 25.3. The van der Waals surface area contributed by atoms with E-state index in [1.165, 1.54) is 128 Å². The fraction of sp³-hybridized carbons (Fsp3) is 0.788. The van der Waals surface area contributed by atoms with Gasteiger partial charge in [0, 0.05) is 13.0 Å². The first-order chi connectivity index (χ1) is 30.3. The van der Waals surface area contributed by atoms with Gasteiger partial charge in [-0.2, -0.15) is 0 Å². The normalized spacial score (nSPS) is 14.3. The summed E-state index contributed by atoms with van der Waals surface area (Å²) in [6.07, 6.45) is 57.7. The molecule has 0 bridgehead atoms. The Kier molecular flexibility index (Phi) is 47.2. The van der Waals surface area contributed by atoms with Crippen LogP contribution in [0.4, 0.5) is 0 Å². The molecule has 62 heavy (non-hydrogen) atoms. The highest BCUT2D eigenvalue weighted by molar-refractivity contribution is 7.47. The van der Waals surface area contributed by atoms with Crippen LogP contribution in [0.15, 0.2) is 60.8 Å². The van der Waals surface area contributed by atoms with Gasteiger partial charge in [-0.25, -0.2) is 4.57 Å². The highest BCUT2D eigenvalue weighted by atomic mass is 31.2. The number of hydrogen-bond donors (Lipinski definition) is 3. The van der Waals surface area contributed by atoms with Crippen molar-refractivity contribution in [2.24, 2.45) is 0 Å². The zero-order valence-electron chi connectivity index (χ0n) is 39.8. The molecule has 0 fully saturated rings. The van der Waals surface area contributed by atoms with Crippen LogP contribution in [0.3, 0.4) is 0 Å². The molecule has 0 aliphatic rings. The van der Waals surface area contributed by atoms with Crippen molar-refractivity contribution in [3.8, 4) is 0 Å². The number of rotatable bonds is 48. The Balaban J connectivity index is 4.11. The van der Waals surface area contributed by atoms with Crippen LogP contribution < -0.4 is 0 Å². The lowest BCUT2D eigenvalue weighted by Crippen LogP contribution is -2.29. The van der Waals surface area contributed by atoms with Crippen LogP contribution in [0.5, 0.6) is 0 Å². The van der Waals surface area contributed by atoms with Crippen molar-refractivity contribution < 1.29 is 43.0 Å². The molecule has 3 atom stereocenters. The number of hydrogen-bond acceptors (Lipinski definition) is 8. The Hall–Kier alpha value is -1.84. The summed E-state index contributed by atoms with van der Waals surface area (Å²) in [4.78, 5) is 22.7. The third-order valence-corrected chi connectivity index (χ3v) is 11.7. The van der Waals surface area contributed by atoms with Crippen molar-refractivity contribution in [3.63, 3.8) is 0 Å². The molecule has 0 aliphatic heterocycles. The third kappa shape index (κ3) is 47.6. The van der Waals surface area contributed by atoms with Crippen molar-refractivity contribution in [1.82, 2.24) is 0 Å². The van der Waals surface area contributed by atoms with E-state index in [-0.39, 0.29) is 13.0 Å². The van der Waals surface area contributed by atoms with Gasteiger partial charge in [0.05, 0.1) is 26.4 Å². The molecule has 0 spiro atoms. The van der Waals surface area contributed by atoms with Crippen molar-refractivity contribution in [3.05, 3.63) is 60.8 Å². The van der Waals surface area contributed by atoms with Gasteiger partial charge in [-0.1, -0.05) is 216 Å². The largest absolute Gasteiger partial charge is 0.472 e. The third-order valence-electron chi connectivity index (χ3n) is 10.7. The number of aliphatic hydroxyl groups excluding tert-OH is 2. The van der Waals surface area contributed by atoms with Crippen LogP contribution in [0.1, 0.15) is 219 Å². The zero-order chi connectivity index (χ0) is 45.3. The number of carbonyl (C=O) groups excluding carboxylic acids is 1. The fourth-order valence-electron chi connectivity index (χ4n) is 6.91. The van der Waals surface area contributed by atoms with Gasteiger partial charge < -0.3 is 24.6 Å². The van der Waals surface area contributed by atoms with Crippen LogP contribution in [0.2, 0.25) is 0 Å². The predicted molar refractivity (Wildman–Crippen MR) is 260 cm³/mol. The van der Waals surface area contributed by atoms with E-state index in [0.29, 0.717) is 6.61 Å². The molecule has 0 amide bonds. The van der Waals surface area contributed by atoms with Crippen LogP contribution in [0.25, 0.3) is 0 Å². The van der Waals surface area contributed by atoms with Crippen LogP contribution in [0, 0.1) is 0 Å². The first-order valence-corrected chi connectivity index (χ1v) is 26.8. The number of phosphoric ester groups is 1. The van der Waals surface area contributed by atoms with E-state index in [0.717, 1.165) is 70.6 Å². The molecule has 0 heterocycles. The average molecular weight is 895 g/mol. The minimum absolute atomic E-state index is 0.0199. The quantitative estimate of drug-likeness (QED) is 0.0236. The standard InChI is InChI=1S/C52H95O9P/c1-3-5-7-9-11-13-15-17-19-21-23-24-25-26-27-28-30-32-34-36-38-40-42-44-52(55)61-51(49-60-62(56,57)59-47-50(54)46-53)48-58-45-43-41-39-37-35-33-31-29-22-20-18-16-14-12-10-8-6-4-2/h6,8,12,14,18,20,29,31,35,37,50-51,53-54H,3-5,7,9-11,13,15-17,19,21-28,30,32-34,36,38-49H2,1-2H3,(H,56,57)/b8-6-,14-12-,20-18-,31-29-,37-35-. The van der Waals surface area contributed by atoms with E-state index in [1.54, 1.807) is 0 Å². The summed E-state index contributed by atoms with van der Waals surface area (Å²) in [7, 11) is -4.54. The number of esters is 1. The Bertz CT molecular complexity index is 1150. The molecule has 0 aliphatic carbocycles. The molecule has 0 saturated heterocycles. The molecule has 3 N–H and O–H groups in total. The molecular formula is C52H95O9P. The lowest BCUT2D eigenvalue weighted by Gasteiger charge is -2.20. The summed E-state index contributed by atoms with van der Waals surface area (Å²) in [5.41, 5.74) is 0. The maximum atomic E-state index is 12.7. The molecule has 3 unspecified atom stereocenters. The van der Waals surface area contributed by atoms with Gasteiger partial charge in [-0.3, -0.25) is 13.8 Å². The van der Waals surface area contributed by atoms with Crippen molar-refractivity contribution >= 4 is 13.8 Å². The maximum Gasteiger partial charge on any atom is 0.472 e. The summed E-state index contributed by atoms with van der Waals surface area (Å²) in [5, 5.41) is 18.4. The molecule has 0 rings (SSSR count). The minimum Gasteiger partial charge on any atom is -0.457 e. The molecule has 0 aromatic carbocycles. The van der Waals surface area contributed by atoms with E-state index >= 15 is 0 Å². The second kappa shape index (κ2) is 48.6. The Morgan fingerprint density at radius 2 is 0.919 bits per heavy atom. The number of phosphoric acid groups is 1. The second-order valence-corrected chi connectivity index (χ2v) is 18.3. The summed E-state index contributed by atoms with van der Waals surface area (Å²) < 4.78 is 33.4. The Morgan fingerprint density at radius 3 is 1.35 bits per heavy atom. The predicted octanol–water partition coefficient (Wildman–Crippen LogP) is 14.7. The zero-order valence-corrected chi connectivity index (χ0v) is 40.7. The van der Waals surface area contributed by atoms with E-state index in [4.69, 9.17) is 23.6 Å². The molecule has 0 saturated carbocycles. The molecule has 9 nitrogen and oxygen atoms in total. The number of aliphatic hydroxyl groups is 2. The van der Waals surface area contributed by atoms with Crippen molar-refractivity contribution in [1.29, 1.82) is 0 Å². The van der Waals surface area contributed by atoms with E-state index < -0.39 is 45.8 Å². The SMILES string of the molecule is CC/C=C\C/C=C\C/C=C\C/C=C\C/C=C\CCCCOCC(COP(=O)(O)OCC(O)CO)OC(=O)CCCCCCCCCCCCCCCCCCCCCCCCC. The van der Waals surface area contributed by atoms with Crippen LogP contribution in [-0.4, -0.2) is 66.3 Å². The van der Waals surface area contributed by atoms with Gasteiger partial charge in [0.2, 0.25) is 0 Å². The van der Waals surface area contributed by atoms with Gasteiger partial charge in [0.1, 0.15) is 12.2 Å². The van der Waals surface area contributed by atoms with Crippen molar-refractivity contribution in [2.75, 3.05) is 33.0 Å². The van der Waals surface area contributed by atoms with Crippen LogP contribution in [-0.2, 0) is 27.9 Å². The number of carbonyl (C=O) groups is 1. The smallest absolute Gasteiger partial charge is 0.457 e. The molecular weight excluding hydrogens is 800 g/mol. The first kappa shape index (κ1) is 60.2. The highest BCUT2D eigenvalue weighted by Crippen LogP contribution is 2.43. The van der Waals surface area contributed by atoms with E-state index in [9.17, 15) is 19.4 Å². The van der Waals surface area contributed by atoms with Gasteiger partial charge >= 0.3 is 13.8 Å². The van der Waals surface area contributed by atoms with Gasteiger partial charge in [-0.05, 0) is 57.8 Å². The average Bonchev–Trinajstić information content (AvgIpc) is 3.26. The second-order valence-electron chi connectivity index (χ2n) is 16.8. The topological polar surface area (TPSA) is 132 Å². The Labute approximate surface area is 380 Å². The number of ether oxygens (including phenoxy) is 2.